The van der Waals surface area contributed by atoms with Crippen molar-refractivity contribution in [3.8, 4) is 50.2 Å². The van der Waals surface area contributed by atoms with Crippen LogP contribution in [0.2, 0.25) is 0 Å². The van der Waals surface area contributed by atoms with Gasteiger partial charge in [0.15, 0.2) is 0 Å². The Morgan fingerprint density at radius 2 is 0.865 bits per heavy atom. The molecular weight excluding hydrogens is 627 g/mol. The summed E-state index contributed by atoms with van der Waals surface area (Å²) in [6, 6.07) is 69.4. The highest BCUT2D eigenvalue weighted by atomic mass is 15.0. The van der Waals surface area contributed by atoms with Crippen molar-refractivity contribution in [3.05, 3.63) is 210 Å². The van der Waals surface area contributed by atoms with Crippen LogP contribution in [0.25, 0.3) is 72.0 Å². The van der Waals surface area contributed by atoms with Crippen LogP contribution in [0.4, 0.5) is 0 Å². The second kappa shape index (κ2) is 11.8. The second-order valence-corrected chi connectivity index (χ2v) is 14.3. The van der Waals surface area contributed by atoms with Gasteiger partial charge in [-0.1, -0.05) is 157 Å². The van der Waals surface area contributed by atoms with Crippen LogP contribution in [0, 0.1) is 6.92 Å². The maximum Gasteiger partial charge on any atom is 0.0541 e. The first-order chi connectivity index (χ1) is 25.6. The third-order valence-corrected chi connectivity index (χ3v) is 11.4. The molecule has 8 aromatic carbocycles. The van der Waals surface area contributed by atoms with Crippen LogP contribution in [0.15, 0.2) is 188 Å². The molecule has 1 heterocycles. The minimum absolute atomic E-state index is 0.257. The van der Waals surface area contributed by atoms with Crippen LogP contribution >= 0.6 is 0 Å². The summed E-state index contributed by atoms with van der Waals surface area (Å²) in [5.41, 5.74) is 18.7. The molecule has 1 aliphatic carbocycles. The zero-order valence-electron chi connectivity index (χ0n) is 29.3. The first-order valence-corrected chi connectivity index (χ1v) is 18.2. The van der Waals surface area contributed by atoms with E-state index in [9.17, 15) is 0 Å². The Balaban J connectivity index is 1.06. The molecule has 0 amide bonds. The molecule has 0 N–H and O–H groups in total. The summed E-state index contributed by atoms with van der Waals surface area (Å²) < 4.78 is 2.41. The van der Waals surface area contributed by atoms with E-state index >= 15 is 0 Å². The highest BCUT2D eigenvalue weighted by molar-refractivity contribution is 6.10. The Morgan fingerprint density at radius 3 is 1.56 bits per heavy atom. The van der Waals surface area contributed by atoms with Crippen LogP contribution in [-0.2, 0) is 5.41 Å². The molecule has 0 fully saturated rings. The largest absolute Gasteiger partial charge is 0.309 e. The van der Waals surface area contributed by atoms with Crippen molar-refractivity contribution in [2.45, 2.75) is 19.3 Å². The van der Waals surface area contributed by atoms with E-state index in [0.29, 0.717) is 0 Å². The van der Waals surface area contributed by atoms with Crippen LogP contribution in [0.1, 0.15) is 29.2 Å². The molecule has 246 valence electrons. The number of fused-ring (bicyclic) bond motifs is 6. The smallest absolute Gasteiger partial charge is 0.0541 e. The molecule has 0 bridgehead atoms. The van der Waals surface area contributed by atoms with E-state index in [0.717, 1.165) is 5.69 Å². The quantitative estimate of drug-likeness (QED) is 0.173. The van der Waals surface area contributed by atoms with Gasteiger partial charge in [-0.25, -0.2) is 0 Å². The molecule has 0 spiro atoms. The number of hydrogen-bond donors (Lipinski definition) is 0. The Morgan fingerprint density at radius 1 is 0.365 bits per heavy atom. The number of hydrogen-bond acceptors (Lipinski definition) is 0. The van der Waals surface area contributed by atoms with Gasteiger partial charge in [-0.05, 0) is 111 Å². The van der Waals surface area contributed by atoms with Crippen LogP contribution in [0.5, 0.6) is 0 Å². The normalized spacial score (nSPS) is 13.0. The summed E-state index contributed by atoms with van der Waals surface area (Å²) in [6.45, 7) is 4.53. The fraction of sp³-hybridized carbons (Fsp3) is 0.0588. The van der Waals surface area contributed by atoms with Crippen molar-refractivity contribution in [2.75, 3.05) is 0 Å². The van der Waals surface area contributed by atoms with Crippen molar-refractivity contribution in [1.29, 1.82) is 0 Å². The van der Waals surface area contributed by atoms with Crippen LogP contribution in [0.3, 0.4) is 0 Å². The van der Waals surface area contributed by atoms with Crippen molar-refractivity contribution < 1.29 is 0 Å². The molecule has 1 heteroatoms. The minimum atomic E-state index is -0.257. The monoisotopic (exact) mass is 663 g/mol. The zero-order chi connectivity index (χ0) is 34.8. The number of aromatic nitrogens is 1. The molecule has 0 atom stereocenters. The molecule has 0 saturated carbocycles. The lowest BCUT2D eigenvalue weighted by Crippen LogP contribution is -2.23. The summed E-state index contributed by atoms with van der Waals surface area (Å²) >= 11 is 0. The molecule has 1 nitrogen and oxygen atoms in total. The summed E-state index contributed by atoms with van der Waals surface area (Å²) in [4.78, 5) is 0. The third-order valence-electron chi connectivity index (χ3n) is 11.4. The van der Waals surface area contributed by atoms with E-state index in [-0.39, 0.29) is 5.41 Å². The topological polar surface area (TPSA) is 4.93 Å². The van der Waals surface area contributed by atoms with Gasteiger partial charge < -0.3 is 4.57 Å². The van der Waals surface area contributed by atoms with Crippen molar-refractivity contribution in [1.82, 2.24) is 4.57 Å². The van der Waals surface area contributed by atoms with E-state index in [1.54, 1.807) is 0 Å². The highest BCUT2D eigenvalue weighted by Gasteiger charge is 2.41. The van der Waals surface area contributed by atoms with Crippen LogP contribution < -0.4 is 0 Å². The van der Waals surface area contributed by atoms with E-state index in [2.05, 4.69) is 206 Å². The van der Waals surface area contributed by atoms with Gasteiger partial charge in [-0.15, -0.1) is 0 Å². The Labute approximate surface area is 305 Å². The standard InChI is InChI=1S/C51H37N/c1-34-22-24-35(25-23-34)37-12-11-13-38(32-37)39-28-31-50-45(33-39)44-17-6-10-21-49(44)52(50)40-29-26-36(27-30-40)41-14-3-7-18-46(41)51(2)47-19-8-4-15-42(47)43-16-5-9-20-48(43)51/h3-33H,1-2H3. The van der Waals surface area contributed by atoms with Crippen LogP contribution in [-0.4, -0.2) is 4.57 Å². The van der Waals surface area contributed by atoms with Gasteiger partial charge in [0.2, 0.25) is 0 Å². The van der Waals surface area contributed by atoms with Gasteiger partial charge in [-0.3, -0.25) is 0 Å². The van der Waals surface area contributed by atoms with Crippen molar-refractivity contribution in [2.24, 2.45) is 0 Å². The van der Waals surface area contributed by atoms with Gasteiger partial charge >= 0.3 is 0 Å². The minimum Gasteiger partial charge on any atom is -0.309 e. The fourth-order valence-electron chi connectivity index (χ4n) is 8.76. The fourth-order valence-corrected chi connectivity index (χ4v) is 8.76. The van der Waals surface area contributed by atoms with Gasteiger partial charge in [0.1, 0.15) is 0 Å². The summed E-state index contributed by atoms with van der Waals surface area (Å²) in [5, 5.41) is 2.52. The van der Waals surface area contributed by atoms with E-state index < -0.39 is 0 Å². The number of nitrogens with zero attached hydrogens (tertiary/aromatic N) is 1. The van der Waals surface area contributed by atoms with E-state index in [4.69, 9.17) is 0 Å². The molecule has 52 heavy (non-hydrogen) atoms. The SMILES string of the molecule is Cc1ccc(-c2cccc(-c3ccc4c(c3)c3ccccc3n4-c3ccc(-c4ccccc4C4(C)c5ccccc5-c5ccccc54)cc3)c2)cc1. The van der Waals surface area contributed by atoms with E-state index in [1.165, 1.54) is 88.6 Å². The maximum atomic E-state index is 2.41. The maximum absolute atomic E-state index is 2.41. The molecule has 1 aromatic heterocycles. The first kappa shape index (κ1) is 30.4. The average Bonchev–Trinajstić information content (AvgIpc) is 3.68. The Kier molecular flexibility index (Phi) is 6.91. The molecule has 0 saturated heterocycles. The number of benzene rings is 8. The molecule has 0 radical (unpaired) electrons. The zero-order valence-corrected chi connectivity index (χ0v) is 29.3. The summed E-state index contributed by atoms with van der Waals surface area (Å²) in [6.07, 6.45) is 0. The lowest BCUT2D eigenvalue weighted by Gasteiger charge is -2.30. The molecule has 1 aliphatic rings. The molecule has 9 aromatic rings. The summed E-state index contributed by atoms with van der Waals surface area (Å²) in [7, 11) is 0. The summed E-state index contributed by atoms with van der Waals surface area (Å²) in [5.74, 6) is 0. The predicted octanol–water partition coefficient (Wildman–Crippen LogP) is 13.4. The number of rotatable bonds is 5. The molecular formula is C51H37N. The first-order valence-electron chi connectivity index (χ1n) is 18.2. The van der Waals surface area contributed by atoms with E-state index in [1.807, 2.05) is 0 Å². The third kappa shape index (κ3) is 4.63. The van der Waals surface area contributed by atoms with Gasteiger partial charge in [0.25, 0.3) is 0 Å². The number of para-hydroxylation sites is 1. The van der Waals surface area contributed by atoms with Crippen molar-refractivity contribution in [3.63, 3.8) is 0 Å². The Bertz CT molecular complexity index is 2750. The van der Waals surface area contributed by atoms with Gasteiger partial charge in [0, 0.05) is 21.9 Å². The van der Waals surface area contributed by atoms with Crippen molar-refractivity contribution >= 4 is 21.8 Å². The lowest BCUT2D eigenvalue weighted by atomic mass is 9.72. The van der Waals surface area contributed by atoms with Gasteiger partial charge in [0.05, 0.1) is 11.0 Å². The predicted molar refractivity (Wildman–Crippen MR) is 219 cm³/mol. The average molecular weight is 664 g/mol. The molecule has 0 unspecified atom stereocenters. The molecule has 10 rings (SSSR count). The second-order valence-electron chi connectivity index (χ2n) is 14.3. The highest BCUT2D eigenvalue weighted by Crippen LogP contribution is 2.54. The Hall–Kier alpha value is -6.44. The van der Waals surface area contributed by atoms with Gasteiger partial charge in [-0.2, -0.15) is 0 Å². The number of aryl methyl sites for hydroxylation is 1. The lowest BCUT2D eigenvalue weighted by molar-refractivity contribution is 0.716. The molecule has 0 aliphatic heterocycles.